The first-order valence-corrected chi connectivity index (χ1v) is 4.14. The summed E-state index contributed by atoms with van der Waals surface area (Å²) < 4.78 is 11.0. The van der Waals surface area contributed by atoms with Crippen LogP contribution in [-0.2, 0) is 10.8 Å². The van der Waals surface area contributed by atoms with Gasteiger partial charge in [0.15, 0.2) is 0 Å². The molecule has 0 radical (unpaired) electrons. The molecule has 1 atom stereocenters. The fourth-order valence-electron chi connectivity index (χ4n) is 0.651. The third kappa shape index (κ3) is 1.54. The molecule has 0 N–H and O–H groups in total. The van der Waals surface area contributed by atoms with E-state index < -0.39 is 10.8 Å². The first kappa shape index (κ1) is 7.22. The summed E-state index contributed by atoms with van der Waals surface area (Å²) in [7, 11) is -1.03. The summed E-state index contributed by atoms with van der Waals surface area (Å²) in [5.74, 6) is 0. The van der Waals surface area contributed by atoms with Gasteiger partial charge < -0.3 is 0 Å². The molecule has 0 spiro atoms. The smallest absolute Gasteiger partial charge is 0.0769 e. The molecular formula is C8H8OS. The van der Waals surface area contributed by atoms with Crippen molar-refractivity contribution in [2.75, 3.05) is 0 Å². The molecule has 0 aliphatic rings. The standard InChI is InChI=1S/C8H8OS/c1-2-10(9)8-6-4-3-5-7-8/h2-7H,1H2/i1+1,2+1. The average molecular weight is 154 g/mol. The number of hydrogen-bond acceptors (Lipinski definition) is 1. The van der Waals surface area contributed by atoms with Gasteiger partial charge in [-0.2, -0.15) is 0 Å². The zero-order valence-electron chi connectivity index (χ0n) is 5.49. The van der Waals surface area contributed by atoms with E-state index in [0.717, 1.165) is 4.90 Å². The SMILES string of the molecule is [13CH2]=[13CH]S(=O)c1ccccc1. The molecular weight excluding hydrogens is 146 g/mol. The van der Waals surface area contributed by atoms with Crippen LogP contribution in [0.25, 0.3) is 0 Å². The van der Waals surface area contributed by atoms with Gasteiger partial charge in [-0.1, -0.05) is 24.8 Å². The predicted octanol–water partition coefficient (Wildman–Crippen LogP) is 1.94. The maximum absolute atomic E-state index is 11.0. The van der Waals surface area contributed by atoms with Crippen molar-refractivity contribution in [3.63, 3.8) is 0 Å². The summed E-state index contributed by atoms with van der Waals surface area (Å²) in [6, 6.07) is 9.24. The van der Waals surface area contributed by atoms with Crippen molar-refractivity contribution in [3.8, 4) is 0 Å². The molecule has 0 heterocycles. The summed E-state index contributed by atoms with van der Waals surface area (Å²) in [6.45, 7) is 3.44. The Hall–Kier alpha value is -0.890. The second kappa shape index (κ2) is 3.32. The van der Waals surface area contributed by atoms with Gasteiger partial charge >= 0.3 is 0 Å². The Bertz CT molecular complexity index is 241. The Balaban J connectivity index is 2.95. The van der Waals surface area contributed by atoms with E-state index in [9.17, 15) is 4.21 Å². The molecule has 0 saturated carbocycles. The average Bonchev–Trinajstić information content (AvgIpc) is 2.05. The lowest BCUT2D eigenvalue weighted by molar-refractivity contribution is 0.688. The molecule has 1 nitrogen and oxygen atoms in total. The second-order valence-electron chi connectivity index (χ2n) is 1.78. The maximum Gasteiger partial charge on any atom is 0.0769 e. The van der Waals surface area contributed by atoms with Crippen molar-refractivity contribution in [2.45, 2.75) is 4.90 Å². The lowest BCUT2D eigenvalue weighted by Gasteiger charge is -1.92. The zero-order valence-corrected chi connectivity index (χ0v) is 6.30. The molecule has 52 valence electrons. The lowest BCUT2D eigenvalue weighted by Crippen LogP contribution is -1.82. The van der Waals surface area contributed by atoms with Crippen LogP contribution >= 0.6 is 0 Å². The first-order valence-electron chi connectivity index (χ1n) is 2.93. The van der Waals surface area contributed by atoms with Crippen LogP contribution in [0.15, 0.2) is 47.2 Å². The first-order chi connectivity index (χ1) is 4.84. The molecule has 10 heavy (non-hydrogen) atoms. The van der Waals surface area contributed by atoms with E-state index in [1.165, 1.54) is 5.41 Å². The van der Waals surface area contributed by atoms with Gasteiger partial charge in [0, 0.05) is 10.3 Å². The molecule has 0 bridgehead atoms. The third-order valence-corrected chi connectivity index (χ3v) is 2.17. The van der Waals surface area contributed by atoms with Crippen LogP contribution in [0.4, 0.5) is 0 Å². The van der Waals surface area contributed by atoms with Crippen molar-refractivity contribution in [1.29, 1.82) is 0 Å². The minimum Gasteiger partial charge on any atom is -0.250 e. The fourth-order valence-corrected chi connectivity index (χ4v) is 1.27. The molecule has 1 rings (SSSR count). The summed E-state index contributed by atoms with van der Waals surface area (Å²) in [6.07, 6.45) is 0. The predicted molar refractivity (Wildman–Crippen MR) is 43.0 cm³/mol. The molecule has 2 heteroatoms. The van der Waals surface area contributed by atoms with Crippen molar-refractivity contribution in [1.82, 2.24) is 0 Å². The van der Waals surface area contributed by atoms with Gasteiger partial charge in [-0.25, -0.2) is 4.21 Å². The van der Waals surface area contributed by atoms with Crippen LogP contribution in [0.1, 0.15) is 0 Å². The Labute approximate surface area is 62.8 Å². The molecule has 0 aliphatic heterocycles. The van der Waals surface area contributed by atoms with E-state index in [2.05, 4.69) is 6.58 Å². The summed E-state index contributed by atoms with van der Waals surface area (Å²) in [5.41, 5.74) is 0. The van der Waals surface area contributed by atoms with Crippen molar-refractivity contribution < 1.29 is 4.21 Å². The highest BCUT2D eigenvalue weighted by Gasteiger charge is 1.93. The molecule has 1 unspecified atom stereocenters. The van der Waals surface area contributed by atoms with E-state index in [4.69, 9.17) is 0 Å². The second-order valence-corrected chi connectivity index (χ2v) is 3.18. The van der Waals surface area contributed by atoms with Gasteiger partial charge in [0.25, 0.3) is 0 Å². The third-order valence-electron chi connectivity index (χ3n) is 1.13. The highest BCUT2D eigenvalue weighted by Crippen LogP contribution is 2.04. The monoisotopic (exact) mass is 154 g/mol. The van der Waals surface area contributed by atoms with E-state index in [1.54, 1.807) is 0 Å². The number of hydrogen-bond donors (Lipinski definition) is 0. The molecule has 0 fully saturated rings. The van der Waals surface area contributed by atoms with Gasteiger partial charge in [0.1, 0.15) is 0 Å². The summed E-state index contributed by atoms with van der Waals surface area (Å²) >= 11 is 0. The van der Waals surface area contributed by atoms with Crippen LogP contribution in [-0.4, -0.2) is 4.21 Å². The van der Waals surface area contributed by atoms with E-state index >= 15 is 0 Å². The van der Waals surface area contributed by atoms with E-state index in [1.807, 2.05) is 30.3 Å². The van der Waals surface area contributed by atoms with Crippen LogP contribution in [0, 0.1) is 0 Å². The highest BCUT2D eigenvalue weighted by atomic mass is 32.2. The Morgan fingerprint density at radius 1 is 1.30 bits per heavy atom. The molecule has 1 aromatic rings. The lowest BCUT2D eigenvalue weighted by atomic mass is 10.4. The van der Waals surface area contributed by atoms with Crippen molar-refractivity contribution in [2.24, 2.45) is 0 Å². The number of rotatable bonds is 2. The zero-order chi connectivity index (χ0) is 7.40. The normalized spacial score (nSPS) is 12.4. The molecule has 0 saturated heterocycles. The van der Waals surface area contributed by atoms with Crippen molar-refractivity contribution in [3.05, 3.63) is 42.3 Å². The van der Waals surface area contributed by atoms with E-state index in [-0.39, 0.29) is 0 Å². The van der Waals surface area contributed by atoms with Gasteiger partial charge in [-0.05, 0) is 12.1 Å². The molecule has 1 aromatic carbocycles. The topological polar surface area (TPSA) is 17.1 Å². The molecule has 0 aromatic heterocycles. The highest BCUT2D eigenvalue weighted by molar-refractivity contribution is 7.88. The van der Waals surface area contributed by atoms with Gasteiger partial charge in [-0.3, -0.25) is 0 Å². The fraction of sp³-hybridized carbons (Fsp3) is 0. The van der Waals surface area contributed by atoms with Gasteiger partial charge in [0.2, 0.25) is 0 Å². The maximum atomic E-state index is 11.0. The summed E-state index contributed by atoms with van der Waals surface area (Å²) in [5, 5.41) is 1.43. The Morgan fingerprint density at radius 3 is 2.40 bits per heavy atom. The Morgan fingerprint density at radius 2 is 1.90 bits per heavy atom. The van der Waals surface area contributed by atoms with Gasteiger partial charge in [0.05, 0.1) is 10.8 Å². The number of benzene rings is 1. The molecule has 0 amide bonds. The minimum atomic E-state index is -1.03. The van der Waals surface area contributed by atoms with Gasteiger partial charge in [-0.15, -0.1) is 0 Å². The largest absolute Gasteiger partial charge is 0.250 e. The van der Waals surface area contributed by atoms with Crippen LogP contribution in [0.2, 0.25) is 0 Å². The van der Waals surface area contributed by atoms with E-state index in [0.29, 0.717) is 0 Å². The van der Waals surface area contributed by atoms with Crippen molar-refractivity contribution >= 4 is 10.8 Å². The quantitative estimate of drug-likeness (QED) is 0.595. The van der Waals surface area contributed by atoms with Crippen LogP contribution < -0.4 is 0 Å². The molecule has 0 aliphatic carbocycles. The summed E-state index contributed by atoms with van der Waals surface area (Å²) in [4.78, 5) is 0.803. The minimum absolute atomic E-state index is 0.803. The van der Waals surface area contributed by atoms with Crippen LogP contribution in [0.3, 0.4) is 0 Å². The van der Waals surface area contributed by atoms with Crippen LogP contribution in [0.5, 0.6) is 0 Å². The Kier molecular flexibility index (Phi) is 2.40.